The van der Waals surface area contributed by atoms with Crippen LogP contribution in [0.1, 0.15) is 77.2 Å². The number of hydrogen-bond acceptors (Lipinski definition) is 9. The van der Waals surface area contributed by atoms with Gasteiger partial charge >= 0.3 is 0 Å². The van der Waals surface area contributed by atoms with Gasteiger partial charge in [0.1, 0.15) is 51.6 Å². The molecule has 0 aromatic heterocycles. The van der Waals surface area contributed by atoms with Crippen molar-refractivity contribution in [2.45, 2.75) is 50.4 Å². The summed E-state index contributed by atoms with van der Waals surface area (Å²) >= 11 is 0. The molecule has 4 aromatic carbocycles. The average Bonchev–Trinajstić information content (AvgIpc) is 3.03. The molecule has 0 saturated carbocycles. The number of carbonyl (C=O) groups excluding carboxylic acids is 1. The Labute approximate surface area is 282 Å². The molecule has 0 radical (unpaired) electrons. The van der Waals surface area contributed by atoms with Gasteiger partial charge in [0.05, 0.1) is 22.6 Å². The molecule has 5 N–H and O–H groups in total. The van der Waals surface area contributed by atoms with E-state index < -0.39 is 29.0 Å². The van der Waals surface area contributed by atoms with Gasteiger partial charge in [0, 0.05) is 35.1 Å². The Hall–Kier alpha value is -5.83. The number of benzene rings is 4. The lowest BCUT2D eigenvalue weighted by atomic mass is 9.60. The Balaban J connectivity index is 1.32. The maximum atomic E-state index is 13.5. The van der Waals surface area contributed by atoms with Gasteiger partial charge in [0.25, 0.3) is 5.79 Å². The molecule has 4 aromatic rings. The predicted molar refractivity (Wildman–Crippen MR) is 181 cm³/mol. The Kier molecular flexibility index (Phi) is 6.59. The van der Waals surface area contributed by atoms with E-state index in [9.17, 15) is 30.3 Å². The van der Waals surface area contributed by atoms with E-state index in [1.54, 1.807) is 30.3 Å². The Bertz CT molecular complexity index is 2170. The van der Waals surface area contributed by atoms with Crippen molar-refractivity contribution in [3.05, 3.63) is 118 Å². The first-order valence-electron chi connectivity index (χ1n) is 16.1. The minimum Gasteiger partial charge on any atom is -0.508 e. The van der Waals surface area contributed by atoms with Gasteiger partial charge in [0.15, 0.2) is 5.78 Å². The van der Waals surface area contributed by atoms with Crippen LogP contribution < -0.4 is 14.2 Å². The number of phenolic OH excluding ortho intramolecular Hbond substituents is 5. The molecule has 0 saturated heterocycles. The molecular weight excluding hydrogens is 624 g/mol. The predicted octanol–water partition coefficient (Wildman–Crippen LogP) is 7.77. The van der Waals surface area contributed by atoms with Gasteiger partial charge in [0.2, 0.25) is 0 Å². The van der Waals surface area contributed by atoms with Gasteiger partial charge in [-0.3, -0.25) is 4.79 Å². The number of ketones is 1. The van der Waals surface area contributed by atoms with E-state index in [1.807, 2.05) is 39.0 Å². The minimum atomic E-state index is -1.53. The average molecular weight is 659 g/mol. The normalized spacial score (nSPS) is 23.9. The molecule has 0 amide bonds. The van der Waals surface area contributed by atoms with Crippen molar-refractivity contribution < 1.29 is 44.5 Å². The van der Waals surface area contributed by atoms with Gasteiger partial charge in [-0.15, -0.1) is 0 Å². The first kappa shape index (κ1) is 30.5. The summed E-state index contributed by atoms with van der Waals surface area (Å²) in [6, 6.07) is 15.6. The number of allylic oxidation sites excluding steroid dienone is 3. The van der Waals surface area contributed by atoms with Crippen LogP contribution in [0.4, 0.5) is 0 Å². The third-order valence-corrected chi connectivity index (χ3v) is 9.95. The second-order valence-electron chi connectivity index (χ2n) is 13.7. The lowest BCUT2D eigenvalue weighted by Crippen LogP contribution is -2.56. The summed E-state index contributed by atoms with van der Waals surface area (Å²) in [6.45, 7) is 5.85. The van der Waals surface area contributed by atoms with Crippen molar-refractivity contribution in [2.24, 2.45) is 5.92 Å². The summed E-state index contributed by atoms with van der Waals surface area (Å²) in [4.78, 5) is 13.5. The summed E-state index contributed by atoms with van der Waals surface area (Å²) in [5.41, 5.74) is 3.09. The maximum absolute atomic E-state index is 13.5. The summed E-state index contributed by atoms with van der Waals surface area (Å²) in [7, 11) is 0. The van der Waals surface area contributed by atoms with E-state index in [0.29, 0.717) is 45.9 Å². The largest absolute Gasteiger partial charge is 0.508 e. The first-order chi connectivity index (χ1) is 23.3. The molecule has 3 aliphatic heterocycles. The van der Waals surface area contributed by atoms with E-state index in [2.05, 4.69) is 6.08 Å². The number of rotatable bonds is 4. The lowest BCUT2D eigenvalue weighted by molar-refractivity contribution is -0.198. The van der Waals surface area contributed by atoms with Crippen LogP contribution >= 0.6 is 0 Å². The van der Waals surface area contributed by atoms with Gasteiger partial charge in [-0.25, -0.2) is 0 Å². The van der Waals surface area contributed by atoms with Crippen molar-refractivity contribution in [2.75, 3.05) is 0 Å². The van der Waals surface area contributed by atoms with E-state index in [-0.39, 0.29) is 40.2 Å². The van der Waals surface area contributed by atoms with Crippen LogP contribution in [0.2, 0.25) is 0 Å². The molecule has 0 fully saturated rings. The topological polar surface area (TPSA) is 146 Å². The fourth-order valence-corrected chi connectivity index (χ4v) is 7.80. The smallest absolute Gasteiger partial charge is 0.285 e. The zero-order valence-corrected chi connectivity index (χ0v) is 27.0. The second-order valence-corrected chi connectivity index (χ2v) is 13.7. The minimum absolute atomic E-state index is 0.0331. The van der Waals surface area contributed by atoms with Crippen LogP contribution in [-0.2, 0) is 5.79 Å². The molecule has 3 heterocycles. The molecule has 248 valence electrons. The van der Waals surface area contributed by atoms with E-state index in [1.165, 1.54) is 36.4 Å². The van der Waals surface area contributed by atoms with Crippen LogP contribution in [0.15, 0.2) is 84.5 Å². The van der Waals surface area contributed by atoms with Crippen molar-refractivity contribution in [1.82, 2.24) is 0 Å². The van der Waals surface area contributed by atoms with Gasteiger partial charge in [-0.1, -0.05) is 17.7 Å². The second kappa shape index (κ2) is 10.6. The third kappa shape index (κ3) is 4.71. The number of phenols is 5. The van der Waals surface area contributed by atoms with Crippen LogP contribution in [-0.4, -0.2) is 36.9 Å². The Morgan fingerprint density at radius 2 is 1.61 bits per heavy atom. The molecule has 0 unspecified atom stereocenters. The molecule has 4 aliphatic rings. The SMILES string of the molecule is CC1=C[C@H]2c3c(ccc(C(=O)/C=C/c4ccc(O)cc4O)c3O)O[C@]3(c4ccc(O)c5c4OC(C)(C)C=C5)Oc4cc(O)ccc4[C@@H](C1)[C@H]23. The highest BCUT2D eigenvalue weighted by Gasteiger charge is 2.62. The number of carbonyl (C=O) groups is 1. The molecule has 8 rings (SSSR count). The van der Waals surface area contributed by atoms with Crippen LogP contribution in [0.5, 0.6) is 46.0 Å². The van der Waals surface area contributed by atoms with Gasteiger partial charge < -0.3 is 39.7 Å². The summed E-state index contributed by atoms with van der Waals surface area (Å²) in [5.74, 6) is -2.49. The van der Waals surface area contributed by atoms with Crippen LogP contribution in [0.3, 0.4) is 0 Å². The molecule has 4 atom stereocenters. The number of ether oxygens (including phenoxy) is 3. The fourth-order valence-electron chi connectivity index (χ4n) is 7.80. The standard InChI is InChI=1S/C40H34O9/c1-20-16-27-24-8-7-23(42)19-34(24)48-40(29-10-12-31(44)26-14-15-39(2,3)49-38(26)29)36(27)28(17-20)35-33(47-40)13-9-25(37(35)46)30(43)11-5-21-4-6-22(41)18-32(21)45/h4-15,17-19,27-28,36,41-42,44-46H,16H2,1-3H3/b11-5+/t27-,28+,36-,40-/m1/s1. The van der Waals surface area contributed by atoms with E-state index in [0.717, 1.165) is 11.1 Å². The molecule has 0 spiro atoms. The Morgan fingerprint density at radius 1 is 0.857 bits per heavy atom. The molecular formula is C40H34O9. The summed E-state index contributed by atoms with van der Waals surface area (Å²) in [6.07, 6.45) is 9.10. The zero-order chi connectivity index (χ0) is 34.4. The first-order valence-corrected chi connectivity index (χ1v) is 16.1. The van der Waals surface area contributed by atoms with E-state index >= 15 is 0 Å². The Morgan fingerprint density at radius 3 is 2.41 bits per heavy atom. The summed E-state index contributed by atoms with van der Waals surface area (Å²) in [5, 5.41) is 53.1. The zero-order valence-electron chi connectivity index (χ0n) is 27.0. The highest BCUT2D eigenvalue weighted by Crippen LogP contribution is 2.66. The molecule has 0 bridgehead atoms. The van der Waals surface area contributed by atoms with Crippen LogP contribution in [0.25, 0.3) is 12.2 Å². The molecule has 1 aliphatic carbocycles. The number of fused-ring (bicyclic) bond motifs is 5. The molecule has 9 nitrogen and oxygen atoms in total. The number of aromatic hydroxyl groups is 5. The maximum Gasteiger partial charge on any atom is 0.285 e. The highest BCUT2D eigenvalue weighted by molar-refractivity contribution is 6.09. The van der Waals surface area contributed by atoms with E-state index in [4.69, 9.17) is 14.2 Å². The van der Waals surface area contributed by atoms with Gasteiger partial charge in [-0.2, -0.15) is 0 Å². The fraction of sp³-hybridized carbons (Fsp3) is 0.225. The van der Waals surface area contributed by atoms with Crippen LogP contribution in [0, 0.1) is 5.92 Å². The monoisotopic (exact) mass is 658 g/mol. The van der Waals surface area contributed by atoms with Crippen molar-refractivity contribution in [3.8, 4) is 46.0 Å². The van der Waals surface area contributed by atoms with Crippen molar-refractivity contribution >= 4 is 17.9 Å². The quantitative estimate of drug-likeness (QED) is 0.0843. The molecule has 9 heteroatoms. The number of hydrogen-bond donors (Lipinski definition) is 5. The van der Waals surface area contributed by atoms with Gasteiger partial charge in [-0.05, 0) is 99.5 Å². The highest BCUT2D eigenvalue weighted by atomic mass is 16.7. The summed E-state index contributed by atoms with van der Waals surface area (Å²) < 4.78 is 20.4. The van der Waals surface area contributed by atoms with Crippen molar-refractivity contribution in [1.29, 1.82) is 0 Å². The third-order valence-electron chi connectivity index (χ3n) is 9.95. The van der Waals surface area contributed by atoms with Crippen molar-refractivity contribution in [3.63, 3.8) is 0 Å². The lowest BCUT2D eigenvalue weighted by Gasteiger charge is -2.55. The molecule has 49 heavy (non-hydrogen) atoms.